The second-order valence-corrected chi connectivity index (χ2v) is 11.2. The van der Waals surface area contributed by atoms with Gasteiger partial charge in [-0.15, -0.1) is 0 Å². The summed E-state index contributed by atoms with van der Waals surface area (Å²) >= 11 is 6.54. The average Bonchev–Trinajstić information content (AvgIpc) is 3.42. The molecule has 6 rings (SSSR count). The van der Waals surface area contributed by atoms with Gasteiger partial charge in [0.1, 0.15) is 0 Å². The maximum absolute atomic E-state index is 13.2. The van der Waals surface area contributed by atoms with Crippen molar-refractivity contribution in [3.8, 4) is 22.6 Å². The summed E-state index contributed by atoms with van der Waals surface area (Å²) in [6, 6.07) is 12.5. The number of phenols is 1. The second kappa shape index (κ2) is 11.3. The Morgan fingerprint density at radius 2 is 1.68 bits per heavy atom. The third kappa shape index (κ3) is 5.04. The minimum Gasteiger partial charge on any atom is -0.504 e. The number of benzene rings is 3. The Bertz CT molecular complexity index is 1660. The molecule has 10 heteroatoms. The van der Waals surface area contributed by atoms with Gasteiger partial charge in [0.05, 0.1) is 28.8 Å². The van der Waals surface area contributed by atoms with E-state index in [-0.39, 0.29) is 23.5 Å². The van der Waals surface area contributed by atoms with Crippen LogP contribution in [0.25, 0.3) is 32.9 Å². The van der Waals surface area contributed by atoms with Gasteiger partial charge in [-0.2, -0.15) is 0 Å². The normalized spacial score (nSPS) is 16.1. The van der Waals surface area contributed by atoms with Gasteiger partial charge in [0.2, 0.25) is 0 Å². The Morgan fingerprint density at radius 1 is 0.927 bits per heavy atom. The number of fused-ring (bicyclic) bond motifs is 5. The van der Waals surface area contributed by atoms with Crippen LogP contribution in [-0.4, -0.2) is 89.4 Å². The van der Waals surface area contributed by atoms with E-state index in [0.717, 1.165) is 44.7 Å². The van der Waals surface area contributed by atoms with Crippen molar-refractivity contribution in [2.45, 2.75) is 19.4 Å². The quantitative estimate of drug-likeness (QED) is 0.203. The van der Waals surface area contributed by atoms with Gasteiger partial charge < -0.3 is 29.3 Å². The van der Waals surface area contributed by atoms with Crippen molar-refractivity contribution in [3.05, 3.63) is 58.6 Å². The molecule has 0 atom stereocenters. The molecule has 2 aliphatic heterocycles. The van der Waals surface area contributed by atoms with E-state index in [1.54, 1.807) is 18.2 Å². The fraction of sp³-hybridized carbons (Fsp3) is 0.355. The number of likely N-dealkylation sites (N-methyl/N-ethyl adjacent to an activating group) is 1. The molecule has 1 aromatic heterocycles. The first-order chi connectivity index (χ1) is 19.9. The van der Waals surface area contributed by atoms with E-state index in [0.29, 0.717) is 57.8 Å². The zero-order chi connectivity index (χ0) is 28.7. The molecule has 0 saturated carbocycles. The van der Waals surface area contributed by atoms with Gasteiger partial charge in [-0.25, -0.2) is 0 Å². The molecular weight excluding hydrogens is 544 g/mol. The van der Waals surface area contributed by atoms with E-state index in [1.807, 2.05) is 28.8 Å². The number of hydrogen-bond donors (Lipinski definition) is 3. The summed E-state index contributed by atoms with van der Waals surface area (Å²) in [5.41, 5.74) is 3.17. The molecule has 41 heavy (non-hydrogen) atoms. The Balaban J connectivity index is 1.43. The molecule has 0 unspecified atom stereocenters. The van der Waals surface area contributed by atoms with Gasteiger partial charge >= 0.3 is 0 Å². The molecule has 9 nitrogen and oxygen atoms in total. The van der Waals surface area contributed by atoms with Crippen LogP contribution in [0.1, 0.15) is 33.6 Å². The molecule has 214 valence electrons. The van der Waals surface area contributed by atoms with Crippen LogP contribution in [0.3, 0.4) is 0 Å². The molecule has 0 aliphatic carbocycles. The number of aromatic hydroxyl groups is 1. The predicted molar refractivity (Wildman–Crippen MR) is 159 cm³/mol. The molecular formula is C31H33ClN4O5. The largest absolute Gasteiger partial charge is 0.504 e. The SMILES string of the molecule is CN1CCN(CCCOc2cc3c(cc2O)c2c4c(c(-c5ccccc5Cl)cc2n3CCCO)C(=O)NC4=O)CC1. The molecule has 2 amide bonds. The van der Waals surface area contributed by atoms with Crippen molar-refractivity contribution in [3.63, 3.8) is 0 Å². The van der Waals surface area contributed by atoms with Crippen LogP contribution in [0.2, 0.25) is 5.02 Å². The van der Waals surface area contributed by atoms with Crippen molar-refractivity contribution < 1.29 is 24.5 Å². The predicted octanol–water partition coefficient (Wildman–Crippen LogP) is 4.10. The Hall–Kier alpha value is -3.63. The lowest BCUT2D eigenvalue weighted by atomic mass is 9.93. The summed E-state index contributed by atoms with van der Waals surface area (Å²) in [6.45, 7) is 6.00. The lowest BCUT2D eigenvalue weighted by Crippen LogP contribution is -2.44. The highest BCUT2D eigenvalue weighted by Crippen LogP contribution is 2.44. The van der Waals surface area contributed by atoms with Crippen molar-refractivity contribution in [1.29, 1.82) is 0 Å². The minimum atomic E-state index is -0.492. The maximum Gasteiger partial charge on any atom is 0.259 e. The van der Waals surface area contributed by atoms with Crippen LogP contribution >= 0.6 is 11.6 Å². The number of ether oxygens (including phenoxy) is 1. The first-order valence-electron chi connectivity index (χ1n) is 14.0. The molecule has 3 heterocycles. The molecule has 1 saturated heterocycles. The smallest absolute Gasteiger partial charge is 0.259 e. The number of piperazine rings is 1. The van der Waals surface area contributed by atoms with Crippen LogP contribution in [-0.2, 0) is 6.54 Å². The number of phenolic OH excluding ortho intramolecular Hbond substituents is 1. The number of nitrogens with zero attached hydrogens (tertiary/aromatic N) is 3. The summed E-state index contributed by atoms with van der Waals surface area (Å²) in [4.78, 5) is 31.0. The number of carbonyl (C=O) groups excluding carboxylic acids is 2. The number of hydrogen-bond acceptors (Lipinski definition) is 7. The summed E-state index contributed by atoms with van der Waals surface area (Å²) in [5.74, 6) is -0.657. The summed E-state index contributed by atoms with van der Waals surface area (Å²) in [6.07, 6.45) is 1.30. The Kier molecular flexibility index (Phi) is 7.61. The van der Waals surface area contributed by atoms with Gasteiger partial charge in [-0.3, -0.25) is 14.9 Å². The van der Waals surface area contributed by atoms with E-state index in [9.17, 15) is 19.8 Å². The Morgan fingerprint density at radius 3 is 2.44 bits per heavy atom. The topological polar surface area (TPSA) is 107 Å². The fourth-order valence-corrected chi connectivity index (χ4v) is 6.21. The van der Waals surface area contributed by atoms with Crippen LogP contribution in [0, 0.1) is 0 Å². The maximum atomic E-state index is 13.2. The van der Waals surface area contributed by atoms with Crippen molar-refractivity contribution in [2.75, 3.05) is 53.0 Å². The molecule has 1 fully saturated rings. The van der Waals surface area contributed by atoms with E-state index in [1.165, 1.54) is 0 Å². The van der Waals surface area contributed by atoms with Crippen molar-refractivity contribution >= 4 is 45.2 Å². The highest BCUT2D eigenvalue weighted by molar-refractivity contribution is 6.36. The number of halogens is 1. The van der Waals surface area contributed by atoms with Crippen LogP contribution in [0.5, 0.6) is 11.5 Å². The zero-order valence-electron chi connectivity index (χ0n) is 23.0. The van der Waals surface area contributed by atoms with Crippen molar-refractivity contribution in [2.24, 2.45) is 0 Å². The van der Waals surface area contributed by atoms with Gasteiger partial charge in [0, 0.05) is 73.3 Å². The van der Waals surface area contributed by atoms with Gasteiger partial charge in [0.15, 0.2) is 11.5 Å². The van der Waals surface area contributed by atoms with Crippen LogP contribution in [0.4, 0.5) is 0 Å². The molecule has 3 aromatic carbocycles. The average molecular weight is 577 g/mol. The monoisotopic (exact) mass is 576 g/mol. The number of carbonyl (C=O) groups is 2. The number of aromatic nitrogens is 1. The minimum absolute atomic E-state index is 0.0177. The summed E-state index contributed by atoms with van der Waals surface area (Å²) in [5, 5.41) is 24.8. The second-order valence-electron chi connectivity index (χ2n) is 10.7. The molecule has 4 aromatic rings. The third-order valence-electron chi connectivity index (χ3n) is 8.09. The van der Waals surface area contributed by atoms with E-state index >= 15 is 0 Å². The summed E-state index contributed by atoms with van der Waals surface area (Å²) < 4.78 is 8.06. The number of nitrogens with one attached hydrogen (secondary N) is 1. The molecule has 0 bridgehead atoms. The number of aliphatic hydroxyl groups is 1. The molecule has 3 N–H and O–H groups in total. The number of aliphatic hydroxyl groups excluding tert-OH is 1. The highest BCUT2D eigenvalue weighted by atomic mass is 35.5. The Labute approximate surface area is 242 Å². The lowest BCUT2D eigenvalue weighted by Gasteiger charge is -2.32. The fourth-order valence-electron chi connectivity index (χ4n) is 5.98. The molecule has 0 radical (unpaired) electrons. The van der Waals surface area contributed by atoms with E-state index in [4.69, 9.17) is 16.3 Å². The van der Waals surface area contributed by atoms with Crippen LogP contribution < -0.4 is 10.1 Å². The van der Waals surface area contributed by atoms with Crippen molar-refractivity contribution in [1.82, 2.24) is 19.7 Å². The zero-order valence-corrected chi connectivity index (χ0v) is 23.7. The van der Waals surface area contributed by atoms with Gasteiger partial charge in [0.25, 0.3) is 11.8 Å². The highest BCUT2D eigenvalue weighted by Gasteiger charge is 2.35. The number of amides is 2. The van der Waals surface area contributed by atoms with Gasteiger partial charge in [-0.1, -0.05) is 29.8 Å². The molecule has 2 aliphatic rings. The summed E-state index contributed by atoms with van der Waals surface area (Å²) in [7, 11) is 2.13. The van der Waals surface area contributed by atoms with E-state index < -0.39 is 11.8 Å². The first-order valence-corrected chi connectivity index (χ1v) is 14.4. The first kappa shape index (κ1) is 27.5. The number of imide groups is 1. The number of rotatable bonds is 9. The standard InChI is InChI=1S/C31H33ClN4O5/c1-34-10-12-35(13-11-34)8-5-15-41-26-18-23-21(17-25(26)38)27-24(36(23)9-4-14-37)16-20(19-6-2-3-7-22(19)32)28-29(27)31(40)33-30(28)39/h2-3,6-7,16-18,37-38H,4-5,8-15H2,1H3,(H,33,39,40). The molecule has 0 spiro atoms. The van der Waals surface area contributed by atoms with E-state index in [2.05, 4.69) is 22.2 Å². The third-order valence-corrected chi connectivity index (χ3v) is 8.42. The van der Waals surface area contributed by atoms with Gasteiger partial charge in [-0.05, 0) is 43.7 Å². The van der Waals surface area contributed by atoms with Crippen LogP contribution in [0.15, 0.2) is 42.5 Å². The number of aryl methyl sites for hydroxylation is 1. The lowest BCUT2D eigenvalue weighted by molar-refractivity contribution is 0.0880.